The molecule has 0 saturated carbocycles. The Morgan fingerprint density at radius 3 is 2.52 bits per heavy atom. The van der Waals surface area contributed by atoms with Crippen LogP contribution in [0.2, 0.25) is 0 Å². The number of anilines is 1. The Balaban J connectivity index is 2.71. The summed E-state index contributed by atoms with van der Waals surface area (Å²) in [5.41, 5.74) is 2.05. The van der Waals surface area contributed by atoms with Crippen molar-refractivity contribution < 1.29 is 19.5 Å². The molecule has 116 valence electrons. The second-order valence-electron chi connectivity index (χ2n) is 4.96. The number of hydrogen-bond acceptors (Lipinski definition) is 4. The lowest BCUT2D eigenvalue weighted by atomic mass is 10.0. The number of para-hydroxylation sites is 2. The summed E-state index contributed by atoms with van der Waals surface area (Å²) in [7, 11) is 1.50. The number of urea groups is 1. The minimum atomic E-state index is -0.815. The molecule has 0 aromatic heterocycles. The zero-order chi connectivity index (χ0) is 15.8. The molecule has 1 atom stereocenters. The minimum absolute atomic E-state index is 0.180. The molecule has 0 aliphatic rings. The van der Waals surface area contributed by atoms with E-state index in [-0.39, 0.29) is 5.92 Å². The fraction of sp³-hybridized carbons (Fsp3) is 0.429. The number of ether oxygens (including phenoxy) is 1. The Morgan fingerprint density at radius 2 is 1.95 bits per heavy atom. The number of methoxy groups -OCH3 is 1. The average Bonchev–Trinajstić information content (AvgIpc) is 2.45. The molecular weight excluding hydrogens is 274 g/mol. The van der Waals surface area contributed by atoms with Gasteiger partial charge in [0.05, 0.1) is 12.8 Å². The third kappa shape index (κ3) is 5.31. The Hall–Kier alpha value is -2.28. The summed E-state index contributed by atoms with van der Waals surface area (Å²) in [6.45, 7) is 3.83. The molecule has 0 aliphatic heterocycles. The van der Waals surface area contributed by atoms with Crippen molar-refractivity contribution in [1.82, 2.24) is 10.8 Å². The van der Waals surface area contributed by atoms with E-state index in [2.05, 4.69) is 10.6 Å². The number of amides is 3. The monoisotopic (exact) mass is 295 g/mol. The van der Waals surface area contributed by atoms with Crippen LogP contribution in [0.1, 0.15) is 20.3 Å². The predicted molar refractivity (Wildman–Crippen MR) is 78.3 cm³/mol. The molecule has 0 fully saturated rings. The molecule has 21 heavy (non-hydrogen) atoms. The van der Waals surface area contributed by atoms with Gasteiger partial charge in [0, 0.05) is 0 Å². The number of nitrogens with one attached hydrogen (secondary N) is 3. The van der Waals surface area contributed by atoms with Gasteiger partial charge in [0.25, 0.3) is 5.91 Å². The van der Waals surface area contributed by atoms with Crippen LogP contribution in [0.3, 0.4) is 0 Å². The van der Waals surface area contributed by atoms with E-state index in [1.807, 2.05) is 13.8 Å². The van der Waals surface area contributed by atoms with Gasteiger partial charge in [-0.1, -0.05) is 26.0 Å². The molecular formula is C14H21N3O4. The Labute approximate surface area is 123 Å². The van der Waals surface area contributed by atoms with Gasteiger partial charge in [0.1, 0.15) is 11.8 Å². The van der Waals surface area contributed by atoms with E-state index >= 15 is 0 Å². The molecule has 4 N–H and O–H groups in total. The van der Waals surface area contributed by atoms with E-state index in [4.69, 9.17) is 9.94 Å². The first kappa shape index (κ1) is 16.8. The fourth-order valence-corrected chi connectivity index (χ4v) is 1.85. The van der Waals surface area contributed by atoms with Gasteiger partial charge in [-0.2, -0.15) is 0 Å². The first-order valence-electron chi connectivity index (χ1n) is 6.62. The summed E-state index contributed by atoms with van der Waals surface area (Å²) >= 11 is 0. The number of rotatable bonds is 6. The van der Waals surface area contributed by atoms with Crippen LogP contribution in [0.4, 0.5) is 10.5 Å². The first-order chi connectivity index (χ1) is 9.97. The molecule has 0 spiro atoms. The van der Waals surface area contributed by atoms with Crippen LogP contribution in [-0.4, -0.2) is 30.3 Å². The average molecular weight is 295 g/mol. The number of hydrogen-bond donors (Lipinski definition) is 4. The Bertz CT molecular complexity index is 491. The second-order valence-corrected chi connectivity index (χ2v) is 4.96. The molecule has 7 heteroatoms. The largest absolute Gasteiger partial charge is 0.495 e. The highest BCUT2D eigenvalue weighted by Crippen LogP contribution is 2.22. The zero-order valence-electron chi connectivity index (χ0n) is 12.3. The number of carbonyl (C=O) groups is 2. The van der Waals surface area contributed by atoms with Crippen LogP contribution >= 0.6 is 0 Å². The van der Waals surface area contributed by atoms with E-state index < -0.39 is 18.0 Å². The lowest BCUT2D eigenvalue weighted by Crippen LogP contribution is -2.48. The van der Waals surface area contributed by atoms with Crippen LogP contribution in [0.25, 0.3) is 0 Å². The molecule has 7 nitrogen and oxygen atoms in total. The van der Waals surface area contributed by atoms with Crippen molar-refractivity contribution in [3.8, 4) is 5.75 Å². The third-order valence-corrected chi connectivity index (χ3v) is 2.79. The van der Waals surface area contributed by atoms with E-state index in [1.165, 1.54) is 7.11 Å². The molecule has 0 radical (unpaired) electrons. The highest BCUT2D eigenvalue weighted by molar-refractivity contribution is 5.94. The highest BCUT2D eigenvalue weighted by Gasteiger charge is 2.21. The normalized spacial score (nSPS) is 11.7. The maximum Gasteiger partial charge on any atom is 0.319 e. The summed E-state index contributed by atoms with van der Waals surface area (Å²) in [5, 5.41) is 13.8. The van der Waals surface area contributed by atoms with Gasteiger partial charge >= 0.3 is 6.03 Å². The van der Waals surface area contributed by atoms with E-state index in [1.54, 1.807) is 29.7 Å². The third-order valence-electron chi connectivity index (χ3n) is 2.79. The summed E-state index contributed by atoms with van der Waals surface area (Å²) in [6, 6.07) is 5.56. The van der Waals surface area contributed by atoms with E-state index in [0.29, 0.717) is 17.9 Å². The fourth-order valence-electron chi connectivity index (χ4n) is 1.85. The van der Waals surface area contributed by atoms with Gasteiger partial charge in [0.15, 0.2) is 0 Å². The molecule has 1 aromatic carbocycles. The molecule has 0 saturated heterocycles. The van der Waals surface area contributed by atoms with Crippen molar-refractivity contribution in [2.75, 3.05) is 12.4 Å². The van der Waals surface area contributed by atoms with Crippen LogP contribution in [0.15, 0.2) is 24.3 Å². The molecule has 3 amide bonds. The lowest BCUT2D eigenvalue weighted by Gasteiger charge is -2.19. The van der Waals surface area contributed by atoms with Crippen LogP contribution in [0, 0.1) is 5.92 Å². The SMILES string of the molecule is COc1ccccc1NC(=O)N[C@@H](CC(C)C)C(=O)NO. The maximum atomic E-state index is 12.0. The number of benzene rings is 1. The molecule has 0 bridgehead atoms. The van der Waals surface area contributed by atoms with Gasteiger partial charge in [-0.3, -0.25) is 10.0 Å². The summed E-state index contributed by atoms with van der Waals surface area (Å²) in [5.74, 6) is 0.0393. The van der Waals surface area contributed by atoms with Gasteiger partial charge in [-0.25, -0.2) is 10.3 Å². The topological polar surface area (TPSA) is 99.7 Å². The van der Waals surface area contributed by atoms with Crippen LogP contribution < -0.4 is 20.9 Å². The summed E-state index contributed by atoms with van der Waals surface area (Å²) < 4.78 is 5.12. The molecule has 1 rings (SSSR count). The quantitative estimate of drug-likeness (QED) is 0.474. The van der Waals surface area contributed by atoms with Crippen molar-refractivity contribution in [3.05, 3.63) is 24.3 Å². The van der Waals surface area contributed by atoms with Crippen LogP contribution in [0.5, 0.6) is 5.75 Å². The van der Waals surface area contributed by atoms with Crippen molar-refractivity contribution in [3.63, 3.8) is 0 Å². The molecule has 0 aliphatic carbocycles. The highest BCUT2D eigenvalue weighted by atomic mass is 16.5. The van der Waals surface area contributed by atoms with Gasteiger partial charge < -0.3 is 15.4 Å². The minimum Gasteiger partial charge on any atom is -0.495 e. The molecule has 0 heterocycles. The predicted octanol–water partition coefficient (Wildman–Crippen LogP) is 1.74. The van der Waals surface area contributed by atoms with Gasteiger partial charge in [-0.05, 0) is 24.5 Å². The zero-order valence-corrected chi connectivity index (χ0v) is 12.3. The standard InChI is InChI=1S/C14H21N3O4/c1-9(2)8-11(13(18)17-20)16-14(19)15-10-6-4-5-7-12(10)21-3/h4-7,9,11,20H,8H2,1-3H3,(H,17,18)(H2,15,16,19)/t11-/m0/s1. The number of hydroxylamine groups is 1. The summed E-state index contributed by atoms with van der Waals surface area (Å²) in [6.07, 6.45) is 0.408. The lowest BCUT2D eigenvalue weighted by molar-refractivity contribution is -0.131. The first-order valence-corrected chi connectivity index (χ1v) is 6.62. The Morgan fingerprint density at radius 1 is 1.29 bits per heavy atom. The van der Waals surface area contributed by atoms with Gasteiger partial charge in [0.2, 0.25) is 0 Å². The summed E-state index contributed by atoms with van der Waals surface area (Å²) in [4.78, 5) is 23.5. The van der Waals surface area contributed by atoms with E-state index in [9.17, 15) is 9.59 Å². The maximum absolute atomic E-state index is 12.0. The van der Waals surface area contributed by atoms with Crippen molar-refractivity contribution >= 4 is 17.6 Å². The molecule has 0 unspecified atom stereocenters. The van der Waals surface area contributed by atoms with Crippen molar-refractivity contribution in [1.29, 1.82) is 0 Å². The number of carbonyl (C=O) groups excluding carboxylic acids is 2. The Kier molecular flexibility index (Phi) is 6.48. The van der Waals surface area contributed by atoms with Crippen molar-refractivity contribution in [2.24, 2.45) is 5.92 Å². The smallest absolute Gasteiger partial charge is 0.319 e. The van der Waals surface area contributed by atoms with Crippen molar-refractivity contribution in [2.45, 2.75) is 26.3 Å². The van der Waals surface area contributed by atoms with E-state index in [0.717, 1.165) is 0 Å². The second kappa shape index (κ2) is 8.11. The molecule has 1 aromatic rings. The van der Waals surface area contributed by atoms with Gasteiger partial charge in [-0.15, -0.1) is 0 Å². The van der Waals surface area contributed by atoms with Crippen LogP contribution in [-0.2, 0) is 4.79 Å².